The fraction of sp³-hybridized carbons (Fsp3) is 0.176. The van der Waals surface area contributed by atoms with E-state index in [1.54, 1.807) is 18.7 Å². The highest BCUT2D eigenvalue weighted by atomic mass is 32.2. The fourth-order valence-corrected chi connectivity index (χ4v) is 2.78. The summed E-state index contributed by atoms with van der Waals surface area (Å²) in [6.45, 7) is 3.04. The zero-order valence-electron chi connectivity index (χ0n) is 12.5. The van der Waals surface area contributed by atoms with Crippen LogP contribution in [0.3, 0.4) is 0 Å². The first kappa shape index (κ1) is 16.1. The monoisotopic (exact) mass is 314 g/mol. The van der Waals surface area contributed by atoms with Gasteiger partial charge < -0.3 is 10.6 Å². The first-order chi connectivity index (χ1) is 10.5. The number of anilines is 1. The Kier molecular flexibility index (Phi) is 5.61. The van der Waals surface area contributed by atoms with E-state index < -0.39 is 6.04 Å². The number of rotatable bonds is 5. The van der Waals surface area contributed by atoms with Crippen LogP contribution in [0.25, 0.3) is 0 Å². The summed E-state index contributed by atoms with van der Waals surface area (Å²) in [6, 6.07) is 17.1. The summed E-state index contributed by atoms with van der Waals surface area (Å²) in [4.78, 5) is 25.1. The molecule has 22 heavy (non-hydrogen) atoms. The Labute approximate surface area is 134 Å². The van der Waals surface area contributed by atoms with Gasteiger partial charge in [0.1, 0.15) is 6.04 Å². The van der Waals surface area contributed by atoms with Crippen LogP contribution in [-0.2, 0) is 9.59 Å². The zero-order chi connectivity index (χ0) is 15.9. The van der Waals surface area contributed by atoms with Crippen LogP contribution < -0.4 is 10.6 Å². The molecule has 0 bridgehead atoms. The molecule has 4 nitrogen and oxygen atoms in total. The molecule has 0 fully saturated rings. The summed E-state index contributed by atoms with van der Waals surface area (Å²) >= 11 is 1.63. The number of hydrogen-bond acceptors (Lipinski definition) is 3. The van der Waals surface area contributed by atoms with Crippen molar-refractivity contribution >= 4 is 29.3 Å². The van der Waals surface area contributed by atoms with Gasteiger partial charge in [-0.2, -0.15) is 0 Å². The molecule has 0 aromatic heterocycles. The minimum Gasteiger partial charge on any atom is -0.345 e. The Balaban J connectivity index is 2.02. The van der Waals surface area contributed by atoms with Crippen LogP contribution in [0.15, 0.2) is 64.4 Å². The van der Waals surface area contributed by atoms with Gasteiger partial charge in [-0.3, -0.25) is 9.59 Å². The topological polar surface area (TPSA) is 58.2 Å². The molecule has 0 radical (unpaired) electrons. The quantitative estimate of drug-likeness (QED) is 0.890. The van der Waals surface area contributed by atoms with E-state index >= 15 is 0 Å². The summed E-state index contributed by atoms with van der Waals surface area (Å²) in [5.41, 5.74) is 0.711. The lowest BCUT2D eigenvalue weighted by molar-refractivity contribution is -0.124. The summed E-state index contributed by atoms with van der Waals surface area (Å²) in [7, 11) is 0. The Morgan fingerprint density at radius 1 is 1.00 bits per heavy atom. The highest BCUT2D eigenvalue weighted by molar-refractivity contribution is 7.99. The highest BCUT2D eigenvalue weighted by Gasteiger charge is 2.13. The Morgan fingerprint density at radius 2 is 1.68 bits per heavy atom. The molecule has 0 spiro atoms. The zero-order valence-corrected chi connectivity index (χ0v) is 13.3. The van der Waals surface area contributed by atoms with Crippen LogP contribution in [0.2, 0.25) is 0 Å². The molecular formula is C17H18N2O2S. The number of amides is 2. The molecule has 1 atom stereocenters. The second kappa shape index (κ2) is 7.66. The van der Waals surface area contributed by atoms with E-state index in [0.29, 0.717) is 5.69 Å². The van der Waals surface area contributed by atoms with Crippen molar-refractivity contribution in [3.8, 4) is 0 Å². The van der Waals surface area contributed by atoms with Crippen LogP contribution in [0.5, 0.6) is 0 Å². The third-order valence-corrected chi connectivity index (χ3v) is 3.89. The molecule has 2 aromatic carbocycles. The SMILES string of the molecule is CC(=O)N[C@H](C)C(=O)Nc1cccc(Sc2ccccc2)c1. The van der Waals surface area contributed by atoms with Gasteiger partial charge >= 0.3 is 0 Å². The Hall–Kier alpha value is -2.27. The van der Waals surface area contributed by atoms with E-state index in [1.807, 2.05) is 54.6 Å². The van der Waals surface area contributed by atoms with Crippen LogP contribution >= 0.6 is 11.8 Å². The van der Waals surface area contributed by atoms with Gasteiger partial charge in [0, 0.05) is 22.4 Å². The van der Waals surface area contributed by atoms with E-state index in [9.17, 15) is 9.59 Å². The smallest absolute Gasteiger partial charge is 0.246 e. The number of nitrogens with one attached hydrogen (secondary N) is 2. The molecule has 0 heterocycles. The third kappa shape index (κ3) is 4.93. The van der Waals surface area contributed by atoms with Crippen LogP contribution in [-0.4, -0.2) is 17.9 Å². The molecule has 2 amide bonds. The van der Waals surface area contributed by atoms with Gasteiger partial charge in [-0.15, -0.1) is 0 Å². The lowest BCUT2D eigenvalue weighted by Gasteiger charge is -2.13. The van der Waals surface area contributed by atoms with Crippen molar-refractivity contribution in [3.63, 3.8) is 0 Å². The molecular weight excluding hydrogens is 296 g/mol. The molecule has 2 aromatic rings. The minimum absolute atomic E-state index is 0.226. The first-order valence-electron chi connectivity index (χ1n) is 6.95. The maximum Gasteiger partial charge on any atom is 0.246 e. The maximum atomic E-state index is 12.0. The molecule has 0 aliphatic carbocycles. The maximum absolute atomic E-state index is 12.0. The van der Waals surface area contributed by atoms with E-state index in [4.69, 9.17) is 0 Å². The molecule has 114 valence electrons. The van der Waals surface area contributed by atoms with E-state index in [-0.39, 0.29) is 11.8 Å². The van der Waals surface area contributed by atoms with Crippen LogP contribution in [0.4, 0.5) is 5.69 Å². The lowest BCUT2D eigenvalue weighted by Crippen LogP contribution is -2.40. The second-order valence-electron chi connectivity index (χ2n) is 4.85. The van der Waals surface area contributed by atoms with Gasteiger partial charge in [0.25, 0.3) is 0 Å². The highest BCUT2D eigenvalue weighted by Crippen LogP contribution is 2.29. The number of hydrogen-bond donors (Lipinski definition) is 2. The predicted molar refractivity (Wildman–Crippen MR) is 88.9 cm³/mol. The molecule has 0 unspecified atom stereocenters. The lowest BCUT2D eigenvalue weighted by atomic mass is 10.2. The molecule has 2 N–H and O–H groups in total. The van der Waals surface area contributed by atoms with Crippen molar-refractivity contribution in [2.75, 3.05) is 5.32 Å². The van der Waals surface area contributed by atoms with Gasteiger partial charge in [0.2, 0.25) is 11.8 Å². The molecule has 0 saturated carbocycles. The van der Waals surface area contributed by atoms with Gasteiger partial charge in [-0.25, -0.2) is 0 Å². The molecule has 5 heteroatoms. The summed E-state index contributed by atoms with van der Waals surface area (Å²) < 4.78 is 0. The predicted octanol–water partition coefficient (Wildman–Crippen LogP) is 3.30. The molecule has 0 aliphatic rings. The normalized spacial score (nSPS) is 11.5. The van der Waals surface area contributed by atoms with Crippen molar-refractivity contribution < 1.29 is 9.59 Å². The average Bonchev–Trinajstić information content (AvgIpc) is 2.48. The van der Waals surface area contributed by atoms with Crippen LogP contribution in [0.1, 0.15) is 13.8 Å². The minimum atomic E-state index is -0.567. The number of carbonyl (C=O) groups is 2. The summed E-state index contributed by atoms with van der Waals surface area (Å²) in [5, 5.41) is 5.37. The van der Waals surface area contributed by atoms with Crippen LogP contribution in [0, 0.1) is 0 Å². The number of carbonyl (C=O) groups excluding carboxylic acids is 2. The molecule has 0 aliphatic heterocycles. The van der Waals surface area contributed by atoms with Crippen molar-refractivity contribution in [1.82, 2.24) is 5.32 Å². The Morgan fingerprint density at radius 3 is 2.36 bits per heavy atom. The molecule has 0 saturated heterocycles. The van der Waals surface area contributed by atoms with Crippen molar-refractivity contribution in [2.24, 2.45) is 0 Å². The molecule has 2 rings (SSSR count). The first-order valence-corrected chi connectivity index (χ1v) is 7.77. The van der Waals surface area contributed by atoms with E-state index in [0.717, 1.165) is 9.79 Å². The van der Waals surface area contributed by atoms with Gasteiger partial charge in [-0.1, -0.05) is 36.0 Å². The second-order valence-corrected chi connectivity index (χ2v) is 6.00. The van der Waals surface area contributed by atoms with E-state index in [1.165, 1.54) is 6.92 Å². The van der Waals surface area contributed by atoms with Gasteiger partial charge in [-0.05, 0) is 37.3 Å². The standard InChI is InChI=1S/C17H18N2O2S/c1-12(18-13(2)20)17(21)19-14-7-6-10-16(11-14)22-15-8-4-3-5-9-15/h3-12H,1-2H3,(H,18,20)(H,19,21)/t12-/m1/s1. The average molecular weight is 314 g/mol. The largest absolute Gasteiger partial charge is 0.345 e. The third-order valence-electron chi connectivity index (χ3n) is 2.89. The summed E-state index contributed by atoms with van der Waals surface area (Å²) in [5.74, 6) is -0.465. The van der Waals surface area contributed by atoms with Crippen molar-refractivity contribution in [2.45, 2.75) is 29.7 Å². The number of benzene rings is 2. The Bertz CT molecular complexity index is 659. The van der Waals surface area contributed by atoms with Crippen molar-refractivity contribution in [1.29, 1.82) is 0 Å². The van der Waals surface area contributed by atoms with Gasteiger partial charge in [0.05, 0.1) is 0 Å². The van der Waals surface area contributed by atoms with E-state index in [2.05, 4.69) is 10.6 Å². The van der Waals surface area contributed by atoms with Crippen molar-refractivity contribution in [3.05, 3.63) is 54.6 Å². The fourth-order valence-electron chi connectivity index (χ4n) is 1.88. The summed E-state index contributed by atoms with van der Waals surface area (Å²) in [6.07, 6.45) is 0. The van der Waals surface area contributed by atoms with Gasteiger partial charge in [0.15, 0.2) is 0 Å².